The topological polar surface area (TPSA) is 23.6 Å². The molecule has 0 saturated heterocycles. The number of nitrogens with zero attached hydrogens (tertiary/aromatic N) is 2. The van der Waals surface area contributed by atoms with E-state index in [0.29, 0.717) is 12.3 Å². The first-order chi connectivity index (χ1) is 9.09. The van der Waals surface area contributed by atoms with Gasteiger partial charge < -0.3 is 9.80 Å². The molecule has 1 aliphatic rings. The van der Waals surface area contributed by atoms with Crippen LogP contribution in [-0.2, 0) is 4.79 Å². The molecule has 0 unspecified atom stereocenters. The van der Waals surface area contributed by atoms with Crippen LogP contribution in [0, 0.1) is 5.92 Å². The zero-order valence-corrected chi connectivity index (χ0v) is 12.2. The highest BCUT2D eigenvalue weighted by Crippen LogP contribution is 2.31. The van der Waals surface area contributed by atoms with E-state index in [0.717, 1.165) is 37.3 Å². The van der Waals surface area contributed by atoms with Gasteiger partial charge in [-0.05, 0) is 30.9 Å². The first kappa shape index (κ1) is 13.9. The predicted octanol–water partition coefficient (Wildman–Crippen LogP) is 3.30. The zero-order valence-electron chi connectivity index (χ0n) is 12.2. The molecule has 0 N–H and O–H groups in total. The summed E-state index contributed by atoms with van der Waals surface area (Å²) in [6.07, 6.45) is 2.64. The minimum absolute atomic E-state index is 0.261. The third kappa shape index (κ3) is 3.28. The summed E-state index contributed by atoms with van der Waals surface area (Å²) in [5, 5.41) is 0. The Bertz CT molecular complexity index is 442. The molecule has 0 fully saturated rings. The van der Waals surface area contributed by atoms with E-state index in [4.69, 9.17) is 0 Å². The molecule has 0 atom stereocenters. The fraction of sp³-hybridized carbons (Fsp3) is 0.562. The molecule has 1 amide bonds. The van der Waals surface area contributed by atoms with E-state index in [1.165, 1.54) is 0 Å². The van der Waals surface area contributed by atoms with Crippen molar-refractivity contribution in [2.24, 2.45) is 5.92 Å². The monoisotopic (exact) mass is 260 g/mol. The van der Waals surface area contributed by atoms with Crippen LogP contribution in [0.5, 0.6) is 0 Å². The Labute approximate surface area is 116 Å². The SMILES string of the molecule is CC(C)CCC(=O)N1CCCN(C)c2ccccc21. The van der Waals surface area contributed by atoms with E-state index in [1.807, 2.05) is 17.0 Å². The summed E-state index contributed by atoms with van der Waals surface area (Å²) in [5.41, 5.74) is 2.23. The second-order valence-electron chi connectivity index (χ2n) is 5.74. The standard InChI is InChI=1S/C16H24N2O/c1-13(2)9-10-16(19)18-12-6-11-17(3)14-7-4-5-8-15(14)18/h4-5,7-8,13H,6,9-12H2,1-3H3. The third-order valence-electron chi connectivity index (χ3n) is 3.70. The van der Waals surface area contributed by atoms with Gasteiger partial charge in [0.25, 0.3) is 0 Å². The molecule has 0 aromatic heterocycles. The molecule has 1 aliphatic heterocycles. The van der Waals surface area contributed by atoms with Crippen molar-refractivity contribution in [3.8, 4) is 0 Å². The number of hydrogen-bond acceptors (Lipinski definition) is 2. The van der Waals surface area contributed by atoms with Crippen LogP contribution in [0.4, 0.5) is 11.4 Å². The first-order valence-corrected chi connectivity index (χ1v) is 7.20. The molecule has 0 aliphatic carbocycles. The Hall–Kier alpha value is -1.51. The lowest BCUT2D eigenvalue weighted by Gasteiger charge is -2.24. The molecule has 1 aromatic rings. The second kappa shape index (κ2) is 6.09. The van der Waals surface area contributed by atoms with Crippen LogP contribution in [-0.4, -0.2) is 26.0 Å². The van der Waals surface area contributed by atoms with Crippen molar-refractivity contribution >= 4 is 17.3 Å². The molecule has 104 valence electrons. The molecule has 1 heterocycles. The highest BCUT2D eigenvalue weighted by molar-refractivity contribution is 5.97. The molecule has 0 saturated carbocycles. The first-order valence-electron chi connectivity index (χ1n) is 7.20. The van der Waals surface area contributed by atoms with E-state index >= 15 is 0 Å². The molecule has 0 radical (unpaired) electrons. The molecule has 2 rings (SSSR count). The minimum atomic E-state index is 0.261. The van der Waals surface area contributed by atoms with Gasteiger partial charge in [0.05, 0.1) is 11.4 Å². The van der Waals surface area contributed by atoms with E-state index in [-0.39, 0.29) is 5.91 Å². The summed E-state index contributed by atoms with van der Waals surface area (Å²) >= 11 is 0. The number of rotatable bonds is 3. The van der Waals surface area contributed by atoms with Crippen LogP contribution in [0.2, 0.25) is 0 Å². The van der Waals surface area contributed by atoms with Gasteiger partial charge in [0, 0.05) is 26.6 Å². The van der Waals surface area contributed by atoms with E-state index < -0.39 is 0 Å². The fourth-order valence-electron chi connectivity index (χ4n) is 2.53. The lowest BCUT2D eigenvalue weighted by molar-refractivity contribution is -0.118. The smallest absolute Gasteiger partial charge is 0.227 e. The Morgan fingerprint density at radius 3 is 2.58 bits per heavy atom. The van der Waals surface area contributed by atoms with Crippen molar-refractivity contribution in [1.29, 1.82) is 0 Å². The van der Waals surface area contributed by atoms with Gasteiger partial charge in [0.2, 0.25) is 5.91 Å². The number of carbonyl (C=O) groups excluding carboxylic acids is 1. The molecule has 1 aromatic carbocycles. The molecule has 3 nitrogen and oxygen atoms in total. The quantitative estimate of drug-likeness (QED) is 0.832. The van der Waals surface area contributed by atoms with Gasteiger partial charge in [-0.3, -0.25) is 4.79 Å². The summed E-state index contributed by atoms with van der Waals surface area (Å²) in [7, 11) is 2.10. The highest BCUT2D eigenvalue weighted by Gasteiger charge is 2.22. The molecule has 19 heavy (non-hydrogen) atoms. The van der Waals surface area contributed by atoms with Crippen molar-refractivity contribution in [3.05, 3.63) is 24.3 Å². The minimum Gasteiger partial charge on any atom is -0.373 e. The maximum atomic E-state index is 12.4. The number of benzene rings is 1. The molecular formula is C16H24N2O. The van der Waals surface area contributed by atoms with Crippen molar-refractivity contribution in [2.45, 2.75) is 33.1 Å². The van der Waals surface area contributed by atoms with E-state index in [1.54, 1.807) is 0 Å². The van der Waals surface area contributed by atoms with E-state index in [2.05, 4.69) is 37.9 Å². The van der Waals surface area contributed by atoms with Crippen molar-refractivity contribution in [3.63, 3.8) is 0 Å². The van der Waals surface area contributed by atoms with Crippen molar-refractivity contribution in [2.75, 3.05) is 29.9 Å². The molecule has 0 bridgehead atoms. The van der Waals surface area contributed by atoms with Crippen LogP contribution >= 0.6 is 0 Å². The molecule has 3 heteroatoms. The Morgan fingerprint density at radius 1 is 1.21 bits per heavy atom. The highest BCUT2D eigenvalue weighted by atomic mass is 16.2. The zero-order chi connectivity index (χ0) is 13.8. The lowest BCUT2D eigenvalue weighted by Crippen LogP contribution is -2.31. The van der Waals surface area contributed by atoms with Gasteiger partial charge in [0.1, 0.15) is 0 Å². The van der Waals surface area contributed by atoms with Gasteiger partial charge in [-0.25, -0.2) is 0 Å². The summed E-state index contributed by atoms with van der Waals surface area (Å²) in [5.74, 6) is 0.838. The summed E-state index contributed by atoms with van der Waals surface area (Å²) in [4.78, 5) is 16.6. The maximum Gasteiger partial charge on any atom is 0.227 e. The van der Waals surface area contributed by atoms with Gasteiger partial charge in [-0.15, -0.1) is 0 Å². The number of carbonyl (C=O) groups is 1. The maximum absolute atomic E-state index is 12.4. The van der Waals surface area contributed by atoms with Gasteiger partial charge in [0.15, 0.2) is 0 Å². The van der Waals surface area contributed by atoms with Crippen LogP contribution in [0.3, 0.4) is 0 Å². The number of para-hydroxylation sites is 2. The summed E-state index contributed by atoms with van der Waals surface area (Å²) < 4.78 is 0. The lowest BCUT2D eigenvalue weighted by atomic mass is 10.1. The average Bonchev–Trinajstić information content (AvgIpc) is 2.56. The van der Waals surface area contributed by atoms with Gasteiger partial charge in [-0.2, -0.15) is 0 Å². The fourth-order valence-corrected chi connectivity index (χ4v) is 2.53. The normalized spacial score (nSPS) is 15.4. The van der Waals surface area contributed by atoms with Crippen molar-refractivity contribution < 1.29 is 4.79 Å². The van der Waals surface area contributed by atoms with Crippen molar-refractivity contribution in [1.82, 2.24) is 0 Å². The number of hydrogen-bond donors (Lipinski definition) is 0. The largest absolute Gasteiger partial charge is 0.373 e. The van der Waals surface area contributed by atoms with E-state index in [9.17, 15) is 4.79 Å². The Morgan fingerprint density at radius 2 is 1.89 bits per heavy atom. The molecule has 0 spiro atoms. The Balaban J connectivity index is 2.21. The number of anilines is 2. The number of amides is 1. The molecular weight excluding hydrogens is 236 g/mol. The van der Waals surface area contributed by atoms with Crippen LogP contribution in [0.1, 0.15) is 33.1 Å². The Kier molecular flexibility index (Phi) is 4.46. The van der Waals surface area contributed by atoms with Gasteiger partial charge >= 0.3 is 0 Å². The number of fused-ring (bicyclic) bond motifs is 1. The third-order valence-corrected chi connectivity index (χ3v) is 3.70. The second-order valence-corrected chi connectivity index (χ2v) is 5.74. The van der Waals surface area contributed by atoms with Crippen LogP contribution < -0.4 is 9.80 Å². The summed E-state index contributed by atoms with van der Waals surface area (Å²) in [6, 6.07) is 8.21. The van der Waals surface area contributed by atoms with Gasteiger partial charge in [-0.1, -0.05) is 26.0 Å². The van der Waals surface area contributed by atoms with Crippen LogP contribution in [0.15, 0.2) is 24.3 Å². The average molecular weight is 260 g/mol. The predicted molar refractivity (Wildman–Crippen MR) is 80.8 cm³/mol. The summed E-state index contributed by atoms with van der Waals surface area (Å²) in [6.45, 7) is 6.16. The van der Waals surface area contributed by atoms with Crippen LogP contribution in [0.25, 0.3) is 0 Å².